The zero-order chi connectivity index (χ0) is 0. The fourth-order valence-corrected chi connectivity index (χ4v) is 0. The summed E-state index contributed by atoms with van der Waals surface area (Å²) >= 11 is 0. The van der Waals surface area contributed by atoms with E-state index in [1.54, 1.807) is 0 Å². The van der Waals surface area contributed by atoms with Crippen LogP contribution in [0.25, 0.3) is 0 Å². The predicted octanol–water partition coefficient (Wildman–Crippen LogP) is -2.05. The Bertz CT molecular complexity index is 6.85. The Hall–Kier alpha value is 1.52. The third kappa shape index (κ3) is 29.6. The van der Waals surface area contributed by atoms with Crippen molar-refractivity contribution in [1.29, 1.82) is 0 Å². The molecule has 0 radical (unpaired) electrons. The van der Waals surface area contributed by atoms with Gasteiger partial charge in [-0.05, 0) is 0 Å². The van der Waals surface area contributed by atoms with Crippen molar-refractivity contribution in [3.05, 3.63) is 0 Å². The van der Waals surface area contributed by atoms with Gasteiger partial charge < -0.3 is 16.4 Å². The van der Waals surface area contributed by atoms with Gasteiger partial charge in [0.1, 0.15) is 0 Å². The molecule has 3 nitrogen and oxygen atoms in total. The molecule has 0 amide bonds. The molecule has 0 bridgehead atoms. The van der Waals surface area contributed by atoms with Gasteiger partial charge in [-0.1, -0.05) is 0 Å². The average molecular weight is 235 g/mol. The fourth-order valence-electron chi connectivity index (χ4n) is 0. The quantitative estimate of drug-likeness (QED) is 0.461. The molecule has 0 saturated carbocycles. The summed E-state index contributed by atoms with van der Waals surface area (Å²) in [5.41, 5.74) is 0. The Morgan fingerprint density at radius 2 is 0.600 bits per heavy atom. The Kier molecular flexibility index (Phi) is 839. The van der Waals surface area contributed by atoms with Crippen LogP contribution in [0.3, 0.4) is 0 Å². The normalized spacial score (nSPS) is 0. The molecule has 0 spiro atoms. The third-order valence-electron chi connectivity index (χ3n) is 0. The van der Waals surface area contributed by atoms with E-state index in [-0.39, 0.29) is 69.7 Å². The smallest absolute Gasteiger partial charge is 0 e. The summed E-state index contributed by atoms with van der Waals surface area (Å²) in [7, 11) is 0. The second-order valence-electron chi connectivity index (χ2n) is 0. The molecule has 6 N–H and O–H groups in total. The summed E-state index contributed by atoms with van der Waals surface area (Å²) in [5.74, 6) is 0. The molecule has 0 unspecified atom stereocenters. The van der Waals surface area contributed by atoms with Crippen LogP contribution in [0.2, 0.25) is 0 Å². The SMILES string of the molecule is Cl.O.O.O.[Nd]. The van der Waals surface area contributed by atoms with E-state index in [1.165, 1.54) is 0 Å². The molecule has 36 valence electrons. The van der Waals surface area contributed by atoms with Gasteiger partial charge in [0.05, 0.1) is 0 Å². The van der Waals surface area contributed by atoms with Crippen LogP contribution in [0.4, 0.5) is 0 Å². The molecule has 5 heavy (non-hydrogen) atoms. The van der Waals surface area contributed by atoms with Gasteiger partial charge >= 0.3 is 0 Å². The maximum Gasteiger partial charge on any atom is 0 e. The molecule has 0 aliphatic heterocycles. The van der Waals surface area contributed by atoms with Gasteiger partial charge in [0.15, 0.2) is 0 Å². The summed E-state index contributed by atoms with van der Waals surface area (Å²) in [6.45, 7) is 0. The molecule has 0 aromatic heterocycles. The van der Waals surface area contributed by atoms with Crippen LogP contribution in [0.5, 0.6) is 0 Å². The first kappa shape index (κ1) is 85.9. The van der Waals surface area contributed by atoms with Crippen LogP contribution in [0.1, 0.15) is 0 Å². The molecular weight excluding hydrogens is 228 g/mol. The van der Waals surface area contributed by atoms with Crippen LogP contribution in [-0.2, 0) is 0 Å². The van der Waals surface area contributed by atoms with E-state index >= 15 is 0 Å². The van der Waals surface area contributed by atoms with Gasteiger partial charge in [0.2, 0.25) is 0 Å². The first-order valence-electron chi connectivity index (χ1n) is 0. The van der Waals surface area contributed by atoms with E-state index < -0.39 is 0 Å². The van der Waals surface area contributed by atoms with Crippen molar-refractivity contribution in [3.8, 4) is 0 Å². The number of rotatable bonds is 0. The molecule has 0 heterocycles. The second-order valence-corrected chi connectivity index (χ2v) is 0. The monoisotopic (exact) mass is 232 g/mol. The molecule has 5 heteroatoms. The zero-order valence-electron chi connectivity index (χ0n) is 2.41. The number of hydrogen-bond donors (Lipinski definition) is 0. The minimum atomic E-state index is 0. The molecule has 0 rings (SSSR count). The summed E-state index contributed by atoms with van der Waals surface area (Å²) in [6.07, 6.45) is 0. The average Bonchev–Trinajstić information content (AvgIpc) is 0. The van der Waals surface area contributed by atoms with E-state index in [9.17, 15) is 0 Å². The standard InChI is InChI=1S/ClH.Nd.3H2O/h1H;;3*1H2. The van der Waals surface area contributed by atoms with Crippen LogP contribution in [0.15, 0.2) is 0 Å². The van der Waals surface area contributed by atoms with Crippen LogP contribution in [-0.4, -0.2) is 16.4 Å². The van der Waals surface area contributed by atoms with E-state index in [0.29, 0.717) is 0 Å². The maximum atomic E-state index is 0. The van der Waals surface area contributed by atoms with E-state index in [2.05, 4.69) is 0 Å². The van der Waals surface area contributed by atoms with Crippen molar-refractivity contribution in [3.63, 3.8) is 0 Å². The minimum absolute atomic E-state index is 0. The van der Waals surface area contributed by atoms with Crippen molar-refractivity contribution >= 4 is 12.4 Å². The Balaban J connectivity index is 0. The Labute approximate surface area is 69.0 Å². The molecule has 0 aromatic carbocycles. The van der Waals surface area contributed by atoms with Crippen molar-refractivity contribution in [1.82, 2.24) is 0 Å². The van der Waals surface area contributed by atoms with E-state index in [1.807, 2.05) is 0 Å². The van der Waals surface area contributed by atoms with Gasteiger partial charge in [-0.15, -0.1) is 12.4 Å². The second kappa shape index (κ2) is 48.8. The zero-order valence-corrected chi connectivity index (χ0v) is 6.43. The van der Waals surface area contributed by atoms with Gasteiger partial charge in [0, 0.05) is 40.8 Å². The van der Waals surface area contributed by atoms with Gasteiger partial charge in [0.25, 0.3) is 0 Å². The van der Waals surface area contributed by atoms with Crippen molar-refractivity contribution in [2.45, 2.75) is 0 Å². The number of halogens is 1. The first-order valence-corrected chi connectivity index (χ1v) is 0. The van der Waals surface area contributed by atoms with Crippen molar-refractivity contribution < 1.29 is 57.3 Å². The summed E-state index contributed by atoms with van der Waals surface area (Å²) in [5, 5.41) is 0. The van der Waals surface area contributed by atoms with Gasteiger partial charge in [-0.25, -0.2) is 0 Å². The molecule has 0 aliphatic rings. The summed E-state index contributed by atoms with van der Waals surface area (Å²) < 4.78 is 0. The third-order valence-corrected chi connectivity index (χ3v) is 0. The Morgan fingerprint density at radius 1 is 0.600 bits per heavy atom. The molecule has 0 fully saturated rings. The predicted molar refractivity (Wildman–Crippen MR) is 18.1 cm³/mol. The van der Waals surface area contributed by atoms with Crippen molar-refractivity contribution in [2.24, 2.45) is 0 Å². The molecule has 0 aliphatic carbocycles. The van der Waals surface area contributed by atoms with Crippen LogP contribution < -0.4 is 0 Å². The molecular formula is H7ClNdO3. The topological polar surface area (TPSA) is 94.5 Å². The summed E-state index contributed by atoms with van der Waals surface area (Å²) in [4.78, 5) is 0. The largest absolute Gasteiger partial charge is 0.412 e. The maximum absolute atomic E-state index is 0. The minimum Gasteiger partial charge on any atom is -0.412 e. The van der Waals surface area contributed by atoms with Crippen LogP contribution >= 0.6 is 12.4 Å². The Morgan fingerprint density at radius 3 is 0.600 bits per heavy atom. The van der Waals surface area contributed by atoms with Crippen molar-refractivity contribution in [2.75, 3.05) is 0 Å². The molecule has 0 atom stereocenters. The number of hydrogen-bond acceptors (Lipinski definition) is 0. The summed E-state index contributed by atoms with van der Waals surface area (Å²) in [6, 6.07) is 0. The fraction of sp³-hybridized carbons (Fsp3) is 0. The van der Waals surface area contributed by atoms with Gasteiger partial charge in [-0.2, -0.15) is 0 Å². The molecule has 0 saturated heterocycles. The van der Waals surface area contributed by atoms with Gasteiger partial charge in [-0.3, -0.25) is 0 Å². The first-order chi connectivity index (χ1) is 0. The molecule has 0 aromatic rings. The van der Waals surface area contributed by atoms with E-state index in [0.717, 1.165) is 0 Å². The van der Waals surface area contributed by atoms with E-state index in [4.69, 9.17) is 0 Å². The van der Waals surface area contributed by atoms with Crippen LogP contribution in [0, 0.1) is 40.8 Å².